The summed E-state index contributed by atoms with van der Waals surface area (Å²) in [6, 6.07) is 7.22. The van der Waals surface area contributed by atoms with Gasteiger partial charge in [-0.1, -0.05) is 12.1 Å². The van der Waals surface area contributed by atoms with E-state index >= 15 is 0 Å². The summed E-state index contributed by atoms with van der Waals surface area (Å²) in [5.41, 5.74) is 6.32. The van der Waals surface area contributed by atoms with Gasteiger partial charge in [-0.05, 0) is 53.1 Å². The summed E-state index contributed by atoms with van der Waals surface area (Å²) in [7, 11) is 0. The van der Waals surface area contributed by atoms with Gasteiger partial charge in [0.15, 0.2) is 0 Å². The van der Waals surface area contributed by atoms with Crippen molar-refractivity contribution < 1.29 is 9.59 Å². The number of hydrogen-bond donors (Lipinski definition) is 2. The minimum absolute atomic E-state index is 0.0516. The van der Waals surface area contributed by atoms with Gasteiger partial charge in [-0.25, -0.2) is 0 Å². The maximum Gasteiger partial charge on any atom is 0.240 e. The zero-order valence-electron chi connectivity index (χ0n) is 9.86. The van der Waals surface area contributed by atoms with Crippen LogP contribution in [-0.2, 0) is 16.0 Å². The third kappa shape index (κ3) is 3.69. The Hall–Kier alpha value is -1.11. The Kier molecular flexibility index (Phi) is 4.21. The molecule has 1 aromatic rings. The zero-order chi connectivity index (χ0) is 13.1. The average molecular weight is 358 g/mol. The normalized spacial score (nSPS) is 16.1. The molecule has 96 valence electrons. The highest BCUT2D eigenvalue weighted by atomic mass is 127. The van der Waals surface area contributed by atoms with Gasteiger partial charge >= 0.3 is 0 Å². The Bertz CT molecular complexity index is 455. The Morgan fingerprint density at radius 2 is 1.94 bits per heavy atom. The molecule has 18 heavy (non-hydrogen) atoms. The van der Waals surface area contributed by atoms with E-state index in [1.54, 1.807) is 0 Å². The first-order chi connectivity index (χ1) is 8.56. The standard InChI is InChI=1S/C13H15IN2O2/c14-10-5-1-8(2-6-10)7-11(12(15)17)16-13(18)9-3-4-9/h1-2,5-6,9,11H,3-4,7H2,(H2,15,17)(H,16,18)/t11-/m0/s1. The van der Waals surface area contributed by atoms with Crippen molar-refractivity contribution in [2.75, 3.05) is 0 Å². The SMILES string of the molecule is NC(=O)[C@H](Cc1ccc(I)cc1)NC(=O)C1CC1. The summed E-state index contributed by atoms with van der Waals surface area (Å²) in [6.45, 7) is 0. The van der Waals surface area contributed by atoms with Crippen LogP contribution >= 0.6 is 22.6 Å². The summed E-state index contributed by atoms with van der Waals surface area (Å²) in [5, 5.41) is 2.73. The summed E-state index contributed by atoms with van der Waals surface area (Å²) >= 11 is 2.22. The molecule has 2 rings (SSSR count). The molecule has 1 aliphatic carbocycles. The molecule has 0 spiro atoms. The molecular weight excluding hydrogens is 343 g/mol. The predicted molar refractivity (Wildman–Crippen MR) is 76.7 cm³/mol. The van der Waals surface area contributed by atoms with Crippen LogP contribution in [0.25, 0.3) is 0 Å². The van der Waals surface area contributed by atoms with E-state index in [0.29, 0.717) is 6.42 Å². The van der Waals surface area contributed by atoms with Crippen LogP contribution in [0.2, 0.25) is 0 Å². The predicted octanol–water partition coefficient (Wildman–Crippen LogP) is 1.21. The molecule has 4 nitrogen and oxygen atoms in total. The van der Waals surface area contributed by atoms with E-state index in [-0.39, 0.29) is 11.8 Å². The van der Waals surface area contributed by atoms with Gasteiger partial charge in [-0.15, -0.1) is 0 Å². The van der Waals surface area contributed by atoms with Crippen LogP contribution in [0.4, 0.5) is 0 Å². The molecule has 0 aromatic heterocycles. The number of benzene rings is 1. The average Bonchev–Trinajstić information content (AvgIpc) is 3.14. The van der Waals surface area contributed by atoms with Gasteiger partial charge in [0.2, 0.25) is 11.8 Å². The maximum atomic E-state index is 11.6. The topological polar surface area (TPSA) is 72.2 Å². The van der Waals surface area contributed by atoms with Crippen LogP contribution in [0.15, 0.2) is 24.3 Å². The van der Waals surface area contributed by atoms with E-state index in [9.17, 15) is 9.59 Å². The van der Waals surface area contributed by atoms with E-state index in [1.165, 1.54) is 0 Å². The van der Waals surface area contributed by atoms with E-state index in [2.05, 4.69) is 27.9 Å². The lowest BCUT2D eigenvalue weighted by Gasteiger charge is -2.15. The van der Waals surface area contributed by atoms with Crippen LogP contribution < -0.4 is 11.1 Å². The fourth-order valence-corrected chi connectivity index (χ4v) is 2.07. The van der Waals surface area contributed by atoms with Crippen LogP contribution in [0.5, 0.6) is 0 Å². The highest BCUT2D eigenvalue weighted by molar-refractivity contribution is 14.1. The number of halogens is 1. The van der Waals surface area contributed by atoms with Gasteiger partial charge in [-0.2, -0.15) is 0 Å². The van der Waals surface area contributed by atoms with Crippen molar-refractivity contribution in [3.8, 4) is 0 Å². The minimum Gasteiger partial charge on any atom is -0.368 e. The molecule has 0 aliphatic heterocycles. The number of rotatable bonds is 5. The summed E-state index contributed by atoms with van der Waals surface area (Å²) in [6.07, 6.45) is 2.28. The third-order valence-corrected chi connectivity index (χ3v) is 3.68. The molecule has 0 saturated heterocycles. The molecule has 0 bridgehead atoms. The maximum absolute atomic E-state index is 11.6. The number of hydrogen-bond acceptors (Lipinski definition) is 2. The van der Waals surface area contributed by atoms with Crippen molar-refractivity contribution in [2.45, 2.75) is 25.3 Å². The van der Waals surface area contributed by atoms with Crippen LogP contribution in [0.1, 0.15) is 18.4 Å². The van der Waals surface area contributed by atoms with Crippen LogP contribution in [0.3, 0.4) is 0 Å². The van der Waals surface area contributed by atoms with Gasteiger partial charge < -0.3 is 11.1 Å². The molecule has 1 atom stereocenters. The Morgan fingerprint density at radius 3 is 2.44 bits per heavy atom. The molecule has 0 unspecified atom stereocenters. The molecule has 1 aliphatic rings. The minimum atomic E-state index is -0.613. The van der Waals surface area contributed by atoms with Crippen molar-refractivity contribution >= 4 is 34.4 Å². The lowest BCUT2D eigenvalue weighted by Crippen LogP contribution is -2.46. The van der Waals surface area contributed by atoms with Crippen molar-refractivity contribution in [1.82, 2.24) is 5.32 Å². The highest BCUT2D eigenvalue weighted by Gasteiger charge is 2.32. The molecule has 5 heteroatoms. The smallest absolute Gasteiger partial charge is 0.240 e. The number of primary amides is 1. The van der Waals surface area contributed by atoms with Gasteiger partial charge in [-0.3, -0.25) is 9.59 Å². The van der Waals surface area contributed by atoms with E-state index in [4.69, 9.17) is 5.73 Å². The summed E-state index contributed by atoms with van der Waals surface area (Å²) in [4.78, 5) is 23.0. The fraction of sp³-hybridized carbons (Fsp3) is 0.385. The second-order valence-electron chi connectivity index (χ2n) is 4.57. The Morgan fingerprint density at radius 1 is 1.33 bits per heavy atom. The molecule has 1 aromatic carbocycles. The van der Waals surface area contributed by atoms with Gasteiger partial charge in [0, 0.05) is 15.9 Å². The molecular formula is C13H15IN2O2. The number of nitrogens with one attached hydrogen (secondary N) is 1. The fourth-order valence-electron chi connectivity index (χ4n) is 1.71. The molecule has 2 amide bonds. The lowest BCUT2D eigenvalue weighted by atomic mass is 10.1. The highest BCUT2D eigenvalue weighted by Crippen LogP contribution is 2.28. The van der Waals surface area contributed by atoms with Gasteiger partial charge in [0.05, 0.1) is 0 Å². The van der Waals surface area contributed by atoms with E-state index in [1.807, 2.05) is 24.3 Å². The number of amides is 2. The quantitative estimate of drug-likeness (QED) is 0.777. The largest absolute Gasteiger partial charge is 0.368 e. The molecule has 1 saturated carbocycles. The van der Waals surface area contributed by atoms with Gasteiger partial charge in [0.1, 0.15) is 6.04 Å². The third-order valence-electron chi connectivity index (χ3n) is 2.96. The summed E-state index contributed by atoms with van der Waals surface area (Å²) < 4.78 is 1.13. The van der Waals surface area contributed by atoms with Crippen molar-refractivity contribution in [2.24, 2.45) is 11.7 Å². The zero-order valence-corrected chi connectivity index (χ0v) is 12.0. The molecule has 0 heterocycles. The second kappa shape index (κ2) is 5.69. The number of nitrogens with two attached hydrogens (primary N) is 1. The van der Waals surface area contributed by atoms with Crippen molar-refractivity contribution in [3.63, 3.8) is 0 Å². The van der Waals surface area contributed by atoms with E-state index in [0.717, 1.165) is 22.0 Å². The molecule has 3 N–H and O–H groups in total. The first-order valence-corrected chi connectivity index (χ1v) is 6.98. The van der Waals surface area contributed by atoms with Gasteiger partial charge in [0.25, 0.3) is 0 Å². The van der Waals surface area contributed by atoms with E-state index < -0.39 is 11.9 Å². The lowest BCUT2D eigenvalue weighted by molar-refractivity contribution is -0.128. The summed E-state index contributed by atoms with van der Waals surface area (Å²) in [5.74, 6) is -0.449. The number of carbonyl (C=O) groups is 2. The first kappa shape index (κ1) is 13.3. The number of carbonyl (C=O) groups excluding carboxylic acids is 2. The van der Waals surface area contributed by atoms with Crippen molar-refractivity contribution in [1.29, 1.82) is 0 Å². The Labute approximate surface area is 119 Å². The molecule has 0 radical (unpaired) electrons. The van der Waals surface area contributed by atoms with Crippen LogP contribution in [0, 0.1) is 9.49 Å². The Balaban J connectivity index is 1.99. The molecule has 1 fully saturated rings. The second-order valence-corrected chi connectivity index (χ2v) is 5.81. The van der Waals surface area contributed by atoms with Crippen molar-refractivity contribution in [3.05, 3.63) is 33.4 Å². The monoisotopic (exact) mass is 358 g/mol. The first-order valence-electron chi connectivity index (χ1n) is 5.90. The van der Waals surface area contributed by atoms with Crippen LogP contribution in [-0.4, -0.2) is 17.9 Å².